The van der Waals surface area contributed by atoms with E-state index in [2.05, 4.69) is 56.4 Å². The number of morpholine rings is 1. The van der Waals surface area contributed by atoms with E-state index in [1.807, 2.05) is 16.6 Å². The first kappa shape index (κ1) is 26.5. The van der Waals surface area contributed by atoms with Gasteiger partial charge in [0.2, 0.25) is 0 Å². The van der Waals surface area contributed by atoms with Gasteiger partial charge in [0.05, 0.1) is 34.4 Å². The van der Waals surface area contributed by atoms with Gasteiger partial charge in [-0.2, -0.15) is 9.61 Å². The Labute approximate surface area is 234 Å². The molecule has 39 heavy (non-hydrogen) atoms. The van der Waals surface area contributed by atoms with Gasteiger partial charge in [-0.25, -0.2) is 18.7 Å². The van der Waals surface area contributed by atoms with Crippen molar-refractivity contribution in [1.29, 1.82) is 0 Å². The Kier molecular flexibility index (Phi) is 7.07. The Hall–Kier alpha value is -2.67. The van der Waals surface area contributed by atoms with E-state index >= 15 is 0 Å². The van der Waals surface area contributed by atoms with Crippen molar-refractivity contribution in [3.8, 4) is 5.82 Å². The molecule has 0 amide bonds. The van der Waals surface area contributed by atoms with Gasteiger partial charge in [-0.15, -0.1) is 0 Å². The van der Waals surface area contributed by atoms with Crippen molar-refractivity contribution in [2.75, 3.05) is 57.4 Å². The number of ether oxygens (including phenoxy) is 1. The SMILES string of the molecule is CC(C)(C)N1CCN(Cc2nn3c(N4CCOCC4)cc(-n4c(C(F)F)nc5ccccc54)nc3c2Br)CC1. The summed E-state index contributed by atoms with van der Waals surface area (Å²) < 4.78 is 38.0. The lowest BCUT2D eigenvalue weighted by molar-refractivity contribution is 0.0584. The second kappa shape index (κ2) is 10.4. The molecule has 0 atom stereocenters. The molecule has 2 saturated heterocycles. The van der Waals surface area contributed by atoms with Gasteiger partial charge < -0.3 is 9.64 Å². The molecule has 4 aromatic rings. The van der Waals surface area contributed by atoms with Crippen molar-refractivity contribution in [2.24, 2.45) is 0 Å². The van der Waals surface area contributed by atoms with Crippen molar-refractivity contribution < 1.29 is 13.5 Å². The standard InChI is InChI=1S/C27H33BrF2N8O/c1-27(2,3)36-10-8-34(9-11-36)17-19-23(28)25-32-21(16-22(38(25)33-19)35-12-14-39-15-13-35)37-20-7-5-4-6-18(20)31-26(37)24(29)30/h4-7,16,24H,8-15,17H2,1-3H3. The van der Waals surface area contributed by atoms with E-state index in [0.717, 1.165) is 42.2 Å². The van der Waals surface area contributed by atoms with Crippen molar-refractivity contribution in [2.45, 2.75) is 39.3 Å². The summed E-state index contributed by atoms with van der Waals surface area (Å²) in [6.45, 7) is 13.8. The molecule has 0 spiro atoms. The van der Waals surface area contributed by atoms with E-state index in [9.17, 15) is 8.78 Å². The number of benzene rings is 1. The van der Waals surface area contributed by atoms with Crippen LogP contribution in [-0.2, 0) is 11.3 Å². The first-order chi connectivity index (χ1) is 18.7. The number of piperazine rings is 1. The lowest BCUT2D eigenvalue weighted by atomic mass is 10.0. The summed E-state index contributed by atoms with van der Waals surface area (Å²) in [6.07, 6.45) is -2.75. The quantitative estimate of drug-likeness (QED) is 0.333. The minimum absolute atomic E-state index is 0.151. The summed E-state index contributed by atoms with van der Waals surface area (Å²) in [5.41, 5.74) is 2.71. The van der Waals surface area contributed by atoms with Gasteiger partial charge >= 0.3 is 0 Å². The number of fused-ring (bicyclic) bond motifs is 2. The van der Waals surface area contributed by atoms with Crippen LogP contribution in [0.1, 0.15) is 38.7 Å². The number of halogens is 3. The predicted octanol–water partition coefficient (Wildman–Crippen LogP) is 4.52. The molecular weight excluding hydrogens is 570 g/mol. The number of aromatic nitrogens is 5. The maximum atomic E-state index is 14.2. The highest BCUT2D eigenvalue weighted by atomic mass is 79.9. The van der Waals surface area contributed by atoms with Gasteiger partial charge in [0.1, 0.15) is 11.6 Å². The fraction of sp³-hybridized carbons (Fsp3) is 0.519. The van der Waals surface area contributed by atoms with Crippen molar-refractivity contribution >= 4 is 38.4 Å². The zero-order valence-corrected chi connectivity index (χ0v) is 24.0. The monoisotopic (exact) mass is 602 g/mol. The predicted molar refractivity (Wildman–Crippen MR) is 150 cm³/mol. The number of imidazole rings is 1. The van der Waals surface area contributed by atoms with Crippen LogP contribution in [0.2, 0.25) is 0 Å². The first-order valence-electron chi connectivity index (χ1n) is 13.3. The molecule has 12 heteroatoms. The lowest BCUT2D eigenvalue weighted by Crippen LogP contribution is -2.53. The Morgan fingerprint density at radius 2 is 1.72 bits per heavy atom. The normalized spacial score (nSPS) is 18.2. The maximum absolute atomic E-state index is 14.2. The van der Waals surface area contributed by atoms with Crippen LogP contribution in [-0.4, -0.2) is 92.0 Å². The molecule has 5 heterocycles. The van der Waals surface area contributed by atoms with Crippen LogP contribution < -0.4 is 4.90 Å². The number of anilines is 1. The lowest BCUT2D eigenvalue weighted by Gasteiger charge is -2.42. The number of hydrogen-bond acceptors (Lipinski definition) is 7. The topological polar surface area (TPSA) is 67.0 Å². The molecule has 2 aliphatic heterocycles. The van der Waals surface area contributed by atoms with E-state index in [0.29, 0.717) is 55.3 Å². The van der Waals surface area contributed by atoms with E-state index in [-0.39, 0.29) is 11.4 Å². The summed E-state index contributed by atoms with van der Waals surface area (Å²) in [5, 5.41) is 4.99. The molecule has 0 radical (unpaired) electrons. The maximum Gasteiger partial charge on any atom is 0.296 e. The second-order valence-electron chi connectivity index (χ2n) is 11.1. The molecule has 9 nitrogen and oxygen atoms in total. The smallest absolute Gasteiger partial charge is 0.296 e. The average molecular weight is 604 g/mol. The highest BCUT2D eigenvalue weighted by Crippen LogP contribution is 2.32. The molecule has 0 N–H and O–H groups in total. The molecule has 0 aliphatic carbocycles. The van der Waals surface area contributed by atoms with E-state index in [1.165, 1.54) is 4.57 Å². The third-order valence-corrected chi connectivity index (χ3v) is 8.42. The minimum atomic E-state index is -2.75. The van der Waals surface area contributed by atoms with E-state index in [1.54, 1.807) is 18.2 Å². The van der Waals surface area contributed by atoms with E-state index in [4.69, 9.17) is 14.8 Å². The van der Waals surface area contributed by atoms with Crippen LogP contribution in [0.5, 0.6) is 0 Å². The highest BCUT2D eigenvalue weighted by molar-refractivity contribution is 9.10. The average Bonchev–Trinajstić information content (AvgIpc) is 3.47. The number of alkyl halides is 2. The minimum Gasteiger partial charge on any atom is -0.378 e. The largest absolute Gasteiger partial charge is 0.378 e. The molecule has 0 unspecified atom stereocenters. The van der Waals surface area contributed by atoms with Crippen LogP contribution in [0.4, 0.5) is 14.6 Å². The van der Waals surface area contributed by atoms with E-state index < -0.39 is 6.43 Å². The second-order valence-corrected chi connectivity index (χ2v) is 11.9. The van der Waals surface area contributed by atoms with Crippen molar-refractivity contribution in [3.05, 3.63) is 46.3 Å². The fourth-order valence-electron chi connectivity index (χ4n) is 5.46. The third-order valence-electron chi connectivity index (χ3n) is 7.61. The number of hydrogen-bond donors (Lipinski definition) is 0. The molecule has 2 aliphatic rings. The molecule has 6 rings (SSSR count). The molecule has 0 bridgehead atoms. The van der Waals surface area contributed by atoms with Crippen LogP contribution in [0.25, 0.3) is 22.5 Å². The van der Waals surface area contributed by atoms with Crippen LogP contribution in [0, 0.1) is 0 Å². The summed E-state index contributed by atoms with van der Waals surface area (Å²) >= 11 is 3.78. The molecular formula is C27H33BrF2N8O. The first-order valence-corrected chi connectivity index (χ1v) is 14.1. The van der Waals surface area contributed by atoms with Gasteiger partial charge in [0.15, 0.2) is 11.5 Å². The molecule has 1 aromatic carbocycles. The molecule has 2 fully saturated rings. The summed E-state index contributed by atoms with van der Waals surface area (Å²) in [7, 11) is 0. The summed E-state index contributed by atoms with van der Waals surface area (Å²) in [6, 6.07) is 8.99. The van der Waals surface area contributed by atoms with Gasteiger partial charge in [0, 0.05) is 57.4 Å². The van der Waals surface area contributed by atoms with Gasteiger partial charge in [0.25, 0.3) is 6.43 Å². The molecule has 3 aromatic heterocycles. The van der Waals surface area contributed by atoms with Crippen LogP contribution in [0.15, 0.2) is 34.8 Å². The summed E-state index contributed by atoms with van der Waals surface area (Å²) in [4.78, 5) is 16.2. The fourth-order valence-corrected chi connectivity index (χ4v) is 5.92. The van der Waals surface area contributed by atoms with Crippen LogP contribution >= 0.6 is 15.9 Å². The zero-order valence-electron chi connectivity index (χ0n) is 22.4. The molecule has 208 valence electrons. The van der Waals surface area contributed by atoms with Crippen molar-refractivity contribution in [3.63, 3.8) is 0 Å². The zero-order chi connectivity index (χ0) is 27.3. The van der Waals surface area contributed by atoms with Crippen LogP contribution in [0.3, 0.4) is 0 Å². The highest BCUT2D eigenvalue weighted by Gasteiger charge is 2.29. The van der Waals surface area contributed by atoms with Crippen molar-refractivity contribution in [1.82, 2.24) is 33.9 Å². The number of nitrogens with zero attached hydrogens (tertiary/aromatic N) is 8. The Balaban J connectivity index is 1.43. The number of rotatable bonds is 5. The van der Waals surface area contributed by atoms with Gasteiger partial charge in [-0.3, -0.25) is 14.4 Å². The Bertz CT molecular complexity index is 1480. The van der Waals surface area contributed by atoms with Gasteiger partial charge in [-0.1, -0.05) is 12.1 Å². The Morgan fingerprint density at radius 3 is 2.41 bits per heavy atom. The third kappa shape index (κ3) is 5.03. The molecule has 0 saturated carbocycles. The Morgan fingerprint density at radius 1 is 1.00 bits per heavy atom. The van der Waals surface area contributed by atoms with Gasteiger partial charge in [-0.05, 0) is 48.8 Å². The number of para-hydroxylation sites is 2. The summed E-state index contributed by atoms with van der Waals surface area (Å²) in [5.74, 6) is 0.855.